The monoisotopic (exact) mass is 346 g/mol. The summed E-state index contributed by atoms with van der Waals surface area (Å²) in [5.74, 6) is -2.77. The van der Waals surface area contributed by atoms with Crippen LogP contribution in [0.1, 0.15) is 20.3 Å². The van der Waals surface area contributed by atoms with E-state index in [1.165, 1.54) is 20.9 Å². The van der Waals surface area contributed by atoms with Gasteiger partial charge in [0.15, 0.2) is 0 Å². The molecule has 0 fully saturated rings. The number of Topliss-reactive ketones (excluding diaryl/α,β-unsaturated/α-hetero) is 3. The Labute approximate surface area is 140 Å². The van der Waals surface area contributed by atoms with E-state index in [-0.39, 0.29) is 18.9 Å². The first-order valence-electron chi connectivity index (χ1n) is 7.45. The fourth-order valence-corrected chi connectivity index (χ4v) is 1.97. The lowest BCUT2D eigenvalue weighted by molar-refractivity contribution is -0.141. The summed E-state index contributed by atoms with van der Waals surface area (Å²) in [6.07, 6.45) is -1.40. The third-order valence-corrected chi connectivity index (χ3v) is 3.42. The van der Waals surface area contributed by atoms with Crippen molar-refractivity contribution in [2.24, 2.45) is 5.73 Å². The zero-order valence-electron chi connectivity index (χ0n) is 14.0. The highest BCUT2D eigenvalue weighted by Crippen LogP contribution is 2.00. The van der Waals surface area contributed by atoms with E-state index in [4.69, 9.17) is 10.8 Å². The van der Waals surface area contributed by atoms with Crippen molar-refractivity contribution in [2.45, 2.75) is 44.5 Å². The largest absolute Gasteiger partial charge is 0.394 e. The Bertz CT molecular complexity index is 464. The molecule has 0 heterocycles. The van der Waals surface area contributed by atoms with Crippen molar-refractivity contribution in [3.8, 4) is 0 Å². The first kappa shape index (κ1) is 22.3. The molecular weight excluding hydrogens is 320 g/mol. The lowest BCUT2D eigenvalue weighted by Gasteiger charge is -2.23. The van der Waals surface area contributed by atoms with Crippen LogP contribution in [0.4, 0.5) is 0 Å². The summed E-state index contributed by atoms with van der Waals surface area (Å²) in [6, 6.07) is -3.13. The van der Waals surface area contributed by atoms with E-state index in [9.17, 15) is 24.3 Å². The SMILES string of the molecule is CN[C@@H](CO)C(=O)C(=O)[C@@H](NCN[C@@H](CC(N)=O)C(C)=O)[C@@H](C)O. The van der Waals surface area contributed by atoms with Gasteiger partial charge in [0.2, 0.25) is 17.5 Å². The molecule has 24 heavy (non-hydrogen) atoms. The fourth-order valence-electron chi connectivity index (χ4n) is 1.97. The van der Waals surface area contributed by atoms with Crippen LogP contribution < -0.4 is 21.7 Å². The molecule has 0 rings (SSSR count). The molecule has 0 aromatic carbocycles. The van der Waals surface area contributed by atoms with Gasteiger partial charge in [-0.3, -0.25) is 29.8 Å². The number of hydrogen-bond donors (Lipinski definition) is 6. The van der Waals surface area contributed by atoms with Crippen LogP contribution in [-0.2, 0) is 19.2 Å². The van der Waals surface area contributed by atoms with Crippen LogP contribution >= 0.6 is 0 Å². The molecule has 0 aromatic heterocycles. The zero-order chi connectivity index (χ0) is 18.9. The van der Waals surface area contributed by atoms with Crippen molar-refractivity contribution in [3.63, 3.8) is 0 Å². The standard InChI is InChI=1S/C14H26N4O6/c1-7(20)9(4-11(15)22)17-6-18-12(8(2)21)14(24)13(23)10(5-19)16-3/h8-10,12,16-19,21H,4-6H2,1-3H3,(H2,15,22)/t8-,9+,10+,12+/m1/s1. The second kappa shape index (κ2) is 10.9. The Hall–Kier alpha value is -1.72. The average molecular weight is 346 g/mol. The van der Waals surface area contributed by atoms with E-state index in [1.54, 1.807) is 0 Å². The first-order valence-corrected chi connectivity index (χ1v) is 7.45. The molecule has 7 N–H and O–H groups in total. The Balaban J connectivity index is 4.80. The van der Waals surface area contributed by atoms with Crippen LogP contribution in [0.25, 0.3) is 0 Å². The second-order valence-corrected chi connectivity index (χ2v) is 5.39. The minimum Gasteiger partial charge on any atom is -0.394 e. The lowest BCUT2D eigenvalue weighted by atomic mass is 10.00. The molecular formula is C14H26N4O6. The Morgan fingerprint density at radius 3 is 2.04 bits per heavy atom. The van der Waals surface area contributed by atoms with E-state index >= 15 is 0 Å². The summed E-state index contributed by atoms with van der Waals surface area (Å²) in [5.41, 5.74) is 5.04. The summed E-state index contributed by atoms with van der Waals surface area (Å²) < 4.78 is 0. The van der Waals surface area contributed by atoms with Crippen LogP contribution in [-0.4, -0.2) is 78.0 Å². The maximum atomic E-state index is 12.1. The van der Waals surface area contributed by atoms with Crippen molar-refractivity contribution in [3.05, 3.63) is 0 Å². The molecule has 0 aliphatic rings. The number of nitrogens with two attached hydrogens (primary N) is 1. The van der Waals surface area contributed by atoms with Crippen molar-refractivity contribution in [1.82, 2.24) is 16.0 Å². The lowest BCUT2D eigenvalue weighted by Crippen LogP contribution is -2.55. The van der Waals surface area contributed by atoms with E-state index in [2.05, 4.69) is 16.0 Å². The predicted molar refractivity (Wildman–Crippen MR) is 84.8 cm³/mol. The Morgan fingerprint density at radius 1 is 1.08 bits per heavy atom. The molecule has 10 heteroatoms. The molecule has 0 saturated carbocycles. The average Bonchev–Trinajstić information content (AvgIpc) is 2.49. The number of carbonyl (C=O) groups is 4. The van der Waals surface area contributed by atoms with Gasteiger partial charge in [-0.25, -0.2) is 0 Å². The highest BCUT2D eigenvalue weighted by molar-refractivity contribution is 6.41. The molecule has 138 valence electrons. The summed E-state index contributed by atoms with van der Waals surface area (Å²) >= 11 is 0. The van der Waals surface area contributed by atoms with Gasteiger partial charge in [0, 0.05) is 13.1 Å². The normalized spacial score (nSPS) is 16.0. The maximum absolute atomic E-state index is 12.1. The predicted octanol–water partition coefficient (Wildman–Crippen LogP) is -3.58. The molecule has 1 amide bonds. The van der Waals surface area contributed by atoms with E-state index in [0.29, 0.717) is 0 Å². The molecule has 0 aromatic rings. The Kier molecular flexibility index (Phi) is 10.2. The quantitative estimate of drug-likeness (QED) is 0.146. The summed E-state index contributed by atoms with van der Waals surface area (Å²) in [5, 5.41) is 26.5. The third kappa shape index (κ3) is 7.23. The number of amides is 1. The van der Waals surface area contributed by atoms with Gasteiger partial charge in [0.25, 0.3) is 0 Å². The van der Waals surface area contributed by atoms with E-state index < -0.39 is 48.3 Å². The van der Waals surface area contributed by atoms with Gasteiger partial charge in [-0.05, 0) is 20.9 Å². The maximum Gasteiger partial charge on any atom is 0.219 e. The zero-order valence-corrected chi connectivity index (χ0v) is 14.0. The number of nitrogens with one attached hydrogen (secondary N) is 3. The Morgan fingerprint density at radius 2 is 1.67 bits per heavy atom. The van der Waals surface area contributed by atoms with Crippen LogP contribution in [0.2, 0.25) is 0 Å². The highest BCUT2D eigenvalue weighted by Gasteiger charge is 2.32. The van der Waals surface area contributed by atoms with Gasteiger partial charge in [-0.15, -0.1) is 0 Å². The van der Waals surface area contributed by atoms with Crippen LogP contribution in [0, 0.1) is 0 Å². The number of likely N-dealkylation sites (N-methyl/N-ethyl adjacent to an activating group) is 1. The van der Waals surface area contributed by atoms with Gasteiger partial charge in [-0.1, -0.05) is 0 Å². The minimum atomic E-state index is -1.23. The second-order valence-electron chi connectivity index (χ2n) is 5.39. The number of primary amides is 1. The summed E-state index contributed by atoms with van der Waals surface area (Å²) in [7, 11) is 1.42. The molecule has 4 atom stereocenters. The molecule has 0 unspecified atom stereocenters. The fraction of sp³-hybridized carbons (Fsp3) is 0.714. The number of hydrogen-bond acceptors (Lipinski definition) is 9. The molecule has 10 nitrogen and oxygen atoms in total. The number of aliphatic hydroxyl groups is 2. The smallest absolute Gasteiger partial charge is 0.219 e. The molecule has 0 bridgehead atoms. The van der Waals surface area contributed by atoms with E-state index in [0.717, 1.165) is 0 Å². The van der Waals surface area contributed by atoms with Gasteiger partial charge in [0.05, 0.1) is 24.8 Å². The molecule has 0 radical (unpaired) electrons. The van der Waals surface area contributed by atoms with Gasteiger partial charge >= 0.3 is 0 Å². The van der Waals surface area contributed by atoms with E-state index in [1.807, 2.05) is 0 Å². The highest BCUT2D eigenvalue weighted by atomic mass is 16.3. The third-order valence-electron chi connectivity index (χ3n) is 3.42. The number of ketones is 3. The van der Waals surface area contributed by atoms with Gasteiger partial charge < -0.3 is 21.3 Å². The van der Waals surface area contributed by atoms with Crippen molar-refractivity contribution in [1.29, 1.82) is 0 Å². The van der Waals surface area contributed by atoms with Crippen LogP contribution in [0.3, 0.4) is 0 Å². The van der Waals surface area contributed by atoms with Crippen LogP contribution in [0.15, 0.2) is 0 Å². The summed E-state index contributed by atoms with van der Waals surface area (Å²) in [4.78, 5) is 46.4. The van der Waals surface area contributed by atoms with Crippen molar-refractivity contribution < 1.29 is 29.4 Å². The number of aliphatic hydroxyl groups excluding tert-OH is 2. The number of rotatable bonds is 13. The molecule has 0 saturated heterocycles. The topological polar surface area (TPSA) is 171 Å². The molecule has 0 aliphatic carbocycles. The van der Waals surface area contributed by atoms with Gasteiger partial charge in [0.1, 0.15) is 11.8 Å². The molecule has 0 aliphatic heterocycles. The number of carbonyl (C=O) groups excluding carboxylic acids is 4. The van der Waals surface area contributed by atoms with Gasteiger partial charge in [-0.2, -0.15) is 0 Å². The van der Waals surface area contributed by atoms with Crippen molar-refractivity contribution in [2.75, 3.05) is 20.3 Å². The first-order chi connectivity index (χ1) is 11.1. The van der Waals surface area contributed by atoms with Crippen LogP contribution in [0.5, 0.6) is 0 Å². The minimum absolute atomic E-state index is 0.116. The summed E-state index contributed by atoms with van der Waals surface area (Å²) in [6.45, 7) is 1.93. The van der Waals surface area contributed by atoms with Crippen molar-refractivity contribution >= 4 is 23.3 Å². The molecule has 0 spiro atoms.